The van der Waals surface area contributed by atoms with Crippen LogP contribution in [-0.2, 0) is 0 Å². The summed E-state index contributed by atoms with van der Waals surface area (Å²) < 4.78 is 15.9. The van der Waals surface area contributed by atoms with E-state index in [-0.39, 0.29) is 11.6 Å². The van der Waals surface area contributed by atoms with Crippen LogP contribution >= 0.6 is 54.5 Å². The van der Waals surface area contributed by atoms with Gasteiger partial charge in [0.25, 0.3) is 5.91 Å². The zero-order valence-corrected chi connectivity index (χ0v) is 14.7. The van der Waals surface area contributed by atoms with E-state index in [0.717, 1.165) is 8.04 Å². The summed E-state index contributed by atoms with van der Waals surface area (Å²) in [4.78, 5) is 12.1. The fraction of sp³-hybridized carbons (Fsp3) is 0. The lowest BCUT2D eigenvalue weighted by Gasteiger charge is -2.08. The summed E-state index contributed by atoms with van der Waals surface area (Å²) in [6.45, 7) is 0. The van der Waals surface area contributed by atoms with Gasteiger partial charge >= 0.3 is 0 Å². The fourth-order valence-electron chi connectivity index (χ4n) is 1.45. The van der Waals surface area contributed by atoms with Crippen LogP contribution in [0.5, 0.6) is 0 Å². The number of rotatable bonds is 2. The Bertz CT molecular complexity index is 649. The van der Waals surface area contributed by atoms with Crippen molar-refractivity contribution in [1.82, 2.24) is 0 Å². The van der Waals surface area contributed by atoms with Gasteiger partial charge in [-0.1, -0.05) is 31.9 Å². The highest BCUT2D eigenvalue weighted by Crippen LogP contribution is 2.22. The molecule has 1 amide bonds. The van der Waals surface area contributed by atoms with Crippen LogP contribution in [0, 0.1) is 9.39 Å². The summed E-state index contributed by atoms with van der Waals surface area (Å²) in [5.74, 6) is -0.820. The maximum atomic E-state index is 13.7. The largest absolute Gasteiger partial charge is 0.319 e. The van der Waals surface area contributed by atoms with Crippen LogP contribution in [0.2, 0.25) is 0 Å². The Kier molecular flexibility index (Phi) is 4.97. The van der Waals surface area contributed by atoms with E-state index in [1.54, 1.807) is 12.1 Å². The Hall–Kier alpha value is -0.470. The molecule has 0 saturated carbocycles. The van der Waals surface area contributed by atoms with E-state index in [0.29, 0.717) is 10.0 Å². The van der Waals surface area contributed by atoms with Crippen molar-refractivity contribution in [2.75, 3.05) is 5.32 Å². The normalized spacial score (nSPS) is 10.3. The van der Waals surface area contributed by atoms with Crippen molar-refractivity contribution < 1.29 is 9.18 Å². The molecule has 19 heavy (non-hydrogen) atoms. The number of benzene rings is 2. The van der Waals surface area contributed by atoms with Gasteiger partial charge in [-0.05, 0) is 59.0 Å². The third-order valence-electron chi connectivity index (χ3n) is 2.35. The van der Waals surface area contributed by atoms with Gasteiger partial charge in [0, 0.05) is 12.5 Å². The summed E-state index contributed by atoms with van der Waals surface area (Å²) in [5.41, 5.74) is 0.654. The van der Waals surface area contributed by atoms with Crippen molar-refractivity contribution in [1.29, 1.82) is 0 Å². The second-order valence-electron chi connectivity index (χ2n) is 3.70. The average Bonchev–Trinajstić information content (AvgIpc) is 2.35. The Labute approximate surface area is 140 Å². The molecule has 0 aliphatic carbocycles. The molecule has 0 aliphatic heterocycles. The minimum Gasteiger partial charge on any atom is -0.319 e. The minimum atomic E-state index is -0.479. The lowest BCUT2D eigenvalue weighted by atomic mass is 10.2. The van der Waals surface area contributed by atoms with Crippen LogP contribution in [0.15, 0.2) is 45.3 Å². The van der Waals surface area contributed by atoms with Crippen LogP contribution in [-0.4, -0.2) is 5.91 Å². The summed E-state index contributed by atoms with van der Waals surface area (Å²) in [6.07, 6.45) is 0. The predicted molar refractivity (Wildman–Crippen MR) is 88.9 cm³/mol. The van der Waals surface area contributed by atoms with E-state index in [1.165, 1.54) is 12.1 Å². The monoisotopic (exact) mass is 497 g/mol. The molecule has 2 nitrogen and oxygen atoms in total. The molecular weight excluding hydrogens is 492 g/mol. The maximum Gasteiger partial charge on any atom is 0.256 e. The molecule has 0 bridgehead atoms. The first-order chi connectivity index (χ1) is 8.97. The quantitative estimate of drug-likeness (QED) is 0.566. The van der Waals surface area contributed by atoms with E-state index in [2.05, 4.69) is 59.8 Å². The van der Waals surface area contributed by atoms with Gasteiger partial charge < -0.3 is 5.32 Å². The summed E-state index contributed by atoms with van der Waals surface area (Å²) >= 11 is 8.54. The zero-order chi connectivity index (χ0) is 14.0. The molecule has 0 spiro atoms. The smallest absolute Gasteiger partial charge is 0.256 e. The van der Waals surface area contributed by atoms with Crippen molar-refractivity contribution in [2.45, 2.75) is 0 Å². The number of halogens is 4. The molecule has 0 saturated heterocycles. The van der Waals surface area contributed by atoms with E-state index in [1.807, 2.05) is 12.1 Å². The summed E-state index contributed by atoms with van der Waals surface area (Å²) in [7, 11) is 0. The molecule has 0 atom stereocenters. The van der Waals surface area contributed by atoms with E-state index in [4.69, 9.17) is 0 Å². The average molecular weight is 499 g/mol. The molecule has 0 fully saturated rings. The highest BCUT2D eigenvalue weighted by molar-refractivity contribution is 14.1. The summed E-state index contributed by atoms with van der Waals surface area (Å²) in [5, 5.41) is 2.56. The first kappa shape index (κ1) is 14.9. The Balaban J connectivity index is 2.28. The van der Waals surface area contributed by atoms with E-state index < -0.39 is 5.82 Å². The molecular formula is C13H7Br2FINO. The highest BCUT2D eigenvalue weighted by Gasteiger charge is 2.13. The number of carbonyl (C=O) groups is 1. The van der Waals surface area contributed by atoms with Crippen LogP contribution < -0.4 is 5.32 Å². The van der Waals surface area contributed by atoms with Crippen molar-refractivity contribution in [2.24, 2.45) is 0 Å². The van der Waals surface area contributed by atoms with Gasteiger partial charge in [0.15, 0.2) is 0 Å². The number of hydrogen-bond donors (Lipinski definition) is 1. The van der Waals surface area contributed by atoms with Crippen LogP contribution in [0.1, 0.15) is 10.4 Å². The molecule has 98 valence electrons. The van der Waals surface area contributed by atoms with E-state index >= 15 is 0 Å². The molecule has 0 aliphatic rings. The van der Waals surface area contributed by atoms with Gasteiger partial charge in [-0.2, -0.15) is 0 Å². The van der Waals surface area contributed by atoms with Crippen molar-refractivity contribution in [3.8, 4) is 0 Å². The van der Waals surface area contributed by atoms with Gasteiger partial charge in [-0.15, -0.1) is 0 Å². The topological polar surface area (TPSA) is 29.1 Å². The molecule has 0 heterocycles. The number of anilines is 1. The number of amides is 1. The van der Waals surface area contributed by atoms with Crippen LogP contribution in [0.3, 0.4) is 0 Å². The Morgan fingerprint density at radius 1 is 1.11 bits per heavy atom. The van der Waals surface area contributed by atoms with Crippen LogP contribution in [0.25, 0.3) is 0 Å². The maximum absolute atomic E-state index is 13.7. The van der Waals surface area contributed by atoms with E-state index in [9.17, 15) is 9.18 Å². The lowest BCUT2D eigenvalue weighted by Crippen LogP contribution is -2.14. The van der Waals surface area contributed by atoms with Gasteiger partial charge in [-0.3, -0.25) is 4.79 Å². The standard InChI is InChI=1S/C13H7Br2FINO/c14-7-1-3-11(17)9(5-7)13(19)18-12-4-2-8(15)6-10(12)16/h1-6H,(H,18,19). The second-order valence-corrected chi connectivity index (χ2v) is 6.70. The van der Waals surface area contributed by atoms with Crippen molar-refractivity contribution in [3.05, 3.63) is 60.3 Å². The number of carbonyl (C=O) groups excluding carboxylic acids is 1. The molecule has 2 aromatic rings. The zero-order valence-electron chi connectivity index (χ0n) is 9.38. The van der Waals surface area contributed by atoms with Gasteiger partial charge in [0.05, 0.1) is 11.3 Å². The van der Waals surface area contributed by atoms with Crippen molar-refractivity contribution >= 4 is 66.0 Å². The fourth-order valence-corrected chi connectivity index (χ4v) is 2.73. The number of nitrogens with one attached hydrogen (secondary N) is 1. The molecule has 1 N–H and O–H groups in total. The van der Waals surface area contributed by atoms with Gasteiger partial charge in [0.1, 0.15) is 5.82 Å². The first-order valence-electron chi connectivity index (χ1n) is 5.19. The molecule has 2 aromatic carbocycles. The van der Waals surface area contributed by atoms with Crippen LogP contribution in [0.4, 0.5) is 10.1 Å². The predicted octanol–water partition coefficient (Wildman–Crippen LogP) is 5.21. The first-order valence-corrected chi connectivity index (χ1v) is 7.85. The Morgan fingerprint density at radius 2 is 1.74 bits per heavy atom. The molecule has 0 unspecified atom stereocenters. The second kappa shape index (κ2) is 6.32. The van der Waals surface area contributed by atoms with Gasteiger partial charge in [-0.25, -0.2) is 4.39 Å². The third-order valence-corrected chi connectivity index (χ3v) is 4.28. The molecule has 0 radical (unpaired) electrons. The third kappa shape index (κ3) is 3.76. The van der Waals surface area contributed by atoms with Gasteiger partial charge in [0.2, 0.25) is 0 Å². The molecule has 0 aromatic heterocycles. The minimum absolute atomic E-state index is 0.156. The SMILES string of the molecule is O=C(Nc1ccc(Br)cc1F)c1cc(Br)ccc1I. The summed E-state index contributed by atoms with van der Waals surface area (Å²) in [6, 6.07) is 9.86. The molecule has 6 heteroatoms. The van der Waals surface area contributed by atoms with Crippen molar-refractivity contribution in [3.63, 3.8) is 0 Å². The number of hydrogen-bond acceptors (Lipinski definition) is 1. The highest BCUT2D eigenvalue weighted by atomic mass is 127. The molecule has 2 rings (SSSR count). The lowest BCUT2D eigenvalue weighted by molar-refractivity contribution is 0.102. The Morgan fingerprint density at radius 3 is 2.42 bits per heavy atom.